The molecule has 0 bridgehead atoms. The zero-order chi connectivity index (χ0) is 17.5. The van der Waals surface area contributed by atoms with Crippen molar-refractivity contribution in [1.82, 2.24) is 15.5 Å². The lowest BCUT2D eigenvalue weighted by atomic mass is 9.92. The zero-order valence-electron chi connectivity index (χ0n) is 15.3. The molecule has 1 saturated heterocycles. The van der Waals surface area contributed by atoms with E-state index < -0.39 is 0 Å². The van der Waals surface area contributed by atoms with Gasteiger partial charge in [0.05, 0.1) is 0 Å². The summed E-state index contributed by atoms with van der Waals surface area (Å²) in [5, 5.41) is 6.27. The Morgan fingerprint density at radius 2 is 1.96 bits per heavy atom. The lowest BCUT2D eigenvalue weighted by Crippen LogP contribution is -2.48. The fraction of sp³-hybridized carbons (Fsp3) is 0.579. The largest absolute Gasteiger partial charge is 0.352 e. The molecule has 2 unspecified atom stereocenters. The van der Waals surface area contributed by atoms with Crippen LogP contribution in [0.5, 0.6) is 0 Å². The van der Waals surface area contributed by atoms with Gasteiger partial charge < -0.3 is 15.5 Å². The second kappa shape index (κ2) is 8.71. The molecule has 2 rings (SSSR count). The topological polar surface area (TPSA) is 56.7 Å². The van der Waals surface area contributed by atoms with Crippen LogP contribution in [0, 0.1) is 11.8 Å². The van der Waals surface area contributed by atoms with Crippen LogP contribution in [0.3, 0.4) is 0 Å². The highest BCUT2D eigenvalue weighted by Gasteiger charge is 2.23. The first kappa shape index (κ1) is 18.3. The average Bonchev–Trinajstić information content (AvgIpc) is 2.55. The summed E-state index contributed by atoms with van der Waals surface area (Å²) in [5.74, 6) is 2.29. The number of guanidine groups is 1. The van der Waals surface area contributed by atoms with Gasteiger partial charge in [-0.05, 0) is 42.9 Å². The molecule has 2 N–H and O–H groups in total. The molecule has 1 aliphatic rings. The van der Waals surface area contributed by atoms with Gasteiger partial charge in [-0.15, -0.1) is 0 Å². The number of carbonyl (C=O) groups is 1. The Labute approximate surface area is 145 Å². The minimum Gasteiger partial charge on any atom is -0.352 e. The number of likely N-dealkylation sites (tertiary alicyclic amines) is 1. The Morgan fingerprint density at radius 1 is 1.25 bits per heavy atom. The lowest BCUT2D eigenvalue weighted by Gasteiger charge is -2.37. The smallest absolute Gasteiger partial charge is 0.251 e. The van der Waals surface area contributed by atoms with Crippen molar-refractivity contribution in [2.45, 2.75) is 33.7 Å². The number of carbonyl (C=O) groups excluding carboxylic acids is 1. The molecule has 1 fully saturated rings. The predicted octanol–water partition coefficient (Wildman–Crippen LogP) is 2.49. The summed E-state index contributed by atoms with van der Waals surface area (Å²) in [4.78, 5) is 18.7. The Hall–Kier alpha value is -2.04. The van der Waals surface area contributed by atoms with Crippen molar-refractivity contribution in [3.63, 3.8) is 0 Å². The average molecular weight is 330 g/mol. The maximum atomic E-state index is 11.9. The Kier molecular flexibility index (Phi) is 6.64. The van der Waals surface area contributed by atoms with Crippen LogP contribution in [0.1, 0.15) is 43.1 Å². The minimum atomic E-state index is -0.0255. The first-order valence-corrected chi connectivity index (χ1v) is 8.86. The molecule has 1 amide bonds. The fourth-order valence-corrected chi connectivity index (χ4v) is 3.43. The van der Waals surface area contributed by atoms with Gasteiger partial charge in [0.25, 0.3) is 5.91 Å². The lowest BCUT2D eigenvalue weighted by molar-refractivity contribution is 0.0955. The standard InChI is InChI=1S/C19H30N4O/c1-5-21-18(24)17-8-6-7-16(10-17)11-22-19(20-4)23-12-14(2)9-15(3)13-23/h6-8,10,14-15H,5,9,11-13H2,1-4H3,(H,20,22)(H,21,24). The number of rotatable bonds is 4. The molecule has 0 aromatic heterocycles. The molecule has 1 aromatic carbocycles. The molecule has 0 radical (unpaired) electrons. The number of aliphatic imine (C=N–C) groups is 1. The molecule has 5 nitrogen and oxygen atoms in total. The molecule has 132 valence electrons. The van der Waals surface area contributed by atoms with E-state index in [1.165, 1.54) is 6.42 Å². The molecule has 24 heavy (non-hydrogen) atoms. The van der Waals surface area contributed by atoms with Crippen molar-refractivity contribution < 1.29 is 4.79 Å². The molecular weight excluding hydrogens is 300 g/mol. The third-order valence-corrected chi connectivity index (χ3v) is 4.36. The maximum absolute atomic E-state index is 11.9. The van der Waals surface area contributed by atoms with Crippen LogP contribution in [0.4, 0.5) is 0 Å². The molecular formula is C19H30N4O. The van der Waals surface area contributed by atoms with Crippen LogP contribution < -0.4 is 10.6 Å². The third kappa shape index (κ3) is 4.98. The van der Waals surface area contributed by atoms with Gasteiger partial charge in [-0.2, -0.15) is 0 Å². The second-order valence-electron chi connectivity index (χ2n) is 6.81. The predicted molar refractivity (Wildman–Crippen MR) is 99.2 cm³/mol. The fourth-order valence-electron chi connectivity index (χ4n) is 3.43. The van der Waals surface area contributed by atoms with Crippen molar-refractivity contribution in [3.05, 3.63) is 35.4 Å². The van der Waals surface area contributed by atoms with Crippen LogP contribution >= 0.6 is 0 Å². The number of hydrogen-bond acceptors (Lipinski definition) is 2. The summed E-state index contributed by atoms with van der Waals surface area (Å²) in [6.45, 7) is 9.91. The van der Waals surface area contributed by atoms with E-state index in [1.54, 1.807) is 0 Å². The Bertz CT molecular complexity index is 574. The Balaban J connectivity index is 1.98. The highest BCUT2D eigenvalue weighted by atomic mass is 16.1. The number of nitrogens with zero attached hydrogens (tertiary/aromatic N) is 2. The van der Waals surface area contributed by atoms with Gasteiger partial charge in [0, 0.05) is 38.8 Å². The summed E-state index contributed by atoms with van der Waals surface area (Å²) < 4.78 is 0. The monoisotopic (exact) mass is 330 g/mol. The maximum Gasteiger partial charge on any atom is 0.251 e. The van der Waals surface area contributed by atoms with Crippen LogP contribution in [0.15, 0.2) is 29.3 Å². The van der Waals surface area contributed by atoms with E-state index in [2.05, 4.69) is 34.4 Å². The van der Waals surface area contributed by atoms with E-state index in [0.29, 0.717) is 30.5 Å². The van der Waals surface area contributed by atoms with Gasteiger partial charge in [0.2, 0.25) is 0 Å². The van der Waals surface area contributed by atoms with Crippen LogP contribution in [-0.2, 0) is 6.54 Å². The van der Waals surface area contributed by atoms with Gasteiger partial charge in [-0.25, -0.2) is 0 Å². The summed E-state index contributed by atoms with van der Waals surface area (Å²) in [6.07, 6.45) is 1.28. The van der Waals surface area contributed by atoms with Crippen molar-refractivity contribution >= 4 is 11.9 Å². The SMILES string of the molecule is CCNC(=O)c1cccc(CNC(=NC)N2CC(C)CC(C)C2)c1. The highest BCUT2D eigenvalue weighted by molar-refractivity contribution is 5.94. The Morgan fingerprint density at radius 3 is 2.58 bits per heavy atom. The van der Waals surface area contributed by atoms with E-state index in [-0.39, 0.29) is 5.91 Å². The summed E-state index contributed by atoms with van der Waals surface area (Å²) in [6, 6.07) is 7.74. The summed E-state index contributed by atoms with van der Waals surface area (Å²) in [5.41, 5.74) is 1.78. The number of hydrogen-bond donors (Lipinski definition) is 2. The summed E-state index contributed by atoms with van der Waals surface area (Å²) >= 11 is 0. The summed E-state index contributed by atoms with van der Waals surface area (Å²) in [7, 11) is 1.83. The second-order valence-corrected chi connectivity index (χ2v) is 6.81. The van der Waals surface area contributed by atoms with Gasteiger partial charge in [0.15, 0.2) is 5.96 Å². The quantitative estimate of drug-likeness (QED) is 0.659. The van der Waals surface area contributed by atoms with Crippen LogP contribution in [0.2, 0.25) is 0 Å². The van der Waals surface area contributed by atoms with Gasteiger partial charge >= 0.3 is 0 Å². The molecule has 0 spiro atoms. The van der Waals surface area contributed by atoms with Crippen molar-refractivity contribution in [2.75, 3.05) is 26.7 Å². The van der Waals surface area contributed by atoms with Gasteiger partial charge in [-0.3, -0.25) is 9.79 Å². The van der Waals surface area contributed by atoms with E-state index in [4.69, 9.17) is 0 Å². The van der Waals surface area contributed by atoms with Crippen molar-refractivity contribution in [3.8, 4) is 0 Å². The van der Waals surface area contributed by atoms with Crippen LogP contribution in [0.25, 0.3) is 0 Å². The van der Waals surface area contributed by atoms with E-state index in [1.807, 2.05) is 38.2 Å². The molecule has 5 heteroatoms. The number of amides is 1. The third-order valence-electron chi connectivity index (χ3n) is 4.36. The number of nitrogens with one attached hydrogen (secondary N) is 2. The molecule has 1 aliphatic heterocycles. The minimum absolute atomic E-state index is 0.0255. The molecule has 1 aromatic rings. The van der Waals surface area contributed by atoms with Crippen molar-refractivity contribution in [1.29, 1.82) is 0 Å². The zero-order valence-corrected chi connectivity index (χ0v) is 15.3. The normalized spacial score (nSPS) is 21.5. The van der Waals surface area contributed by atoms with Crippen molar-refractivity contribution in [2.24, 2.45) is 16.8 Å². The highest BCUT2D eigenvalue weighted by Crippen LogP contribution is 2.20. The van der Waals surface area contributed by atoms with E-state index >= 15 is 0 Å². The van der Waals surface area contributed by atoms with E-state index in [0.717, 1.165) is 24.6 Å². The molecule has 1 heterocycles. The molecule has 0 saturated carbocycles. The van der Waals surface area contributed by atoms with Gasteiger partial charge in [-0.1, -0.05) is 26.0 Å². The number of benzene rings is 1. The molecule has 2 atom stereocenters. The van der Waals surface area contributed by atoms with Gasteiger partial charge in [0.1, 0.15) is 0 Å². The number of piperidine rings is 1. The molecule has 0 aliphatic carbocycles. The van der Waals surface area contributed by atoms with Crippen LogP contribution in [-0.4, -0.2) is 43.4 Å². The first-order valence-electron chi connectivity index (χ1n) is 8.86. The first-order chi connectivity index (χ1) is 11.5. The van der Waals surface area contributed by atoms with E-state index in [9.17, 15) is 4.79 Å².